The Labute approximate surface area is 208 Å². The highest BCUT2D eigenvalue weighted by Gasteiger charge is 2.30. The number of anilines is 1. The molecular formula is C25H25N3O7S. The lowest BCUT2D eigenvalue weighted by molar-refractivity contribution is -0.119. The van der Waals surface area contributed by atoms with Crippen LogP contribution in [0.15, 0.2) is 76.7 Å². The number of nitrogens with one attached hydrogen (secondary N) is 1. The number of hydrogen-bond acceptors (Lipinski definition) is 7. The Morgan fingerprint density at radius 1 is 1.00 bits per heavy atom. The van der Waals surface area contributed by atoms with Gasteiger partial charge in [0, 0.05) is 6.07 Å². The maximum atomic E-state index is 13.6. The fourth-order valence-corrected chi connectivity index (χ4v) is 4.61. The normalized spacial score (nSPS) is 11.2. The Bertz CT molecular complexity index is 1370. The summed E-state index contributed by atoms with van der Waals surface area (Å²) in [6, 6.07) is 16.7. The van der Waals surface area contributed by atoms with Crippen molar-refractivity contribution in [3.63, 3.8) is 0 Å². The molecule has 36 heavy (non-hydrogen) atoms. The molecule has 0 aromatic heterocycles. The summed E-state index contributed by atoms with van der Waals surface area (Å²) in [6.45, 7) is 1.23. The van der Waals surface area contributed by atoms with Crippen LogP contribution in [0, 0.1) is 6.92 Å². The van der Waals surface area contributed by atoms with Crippen LogP contribution in [0.3, 0.4) is 0 Å². The van der Waals surface area contributed by atoms with Gasteiger partial charge >= 0.3 is 5.97 Å². The van der Waals surface area contributed by atoms with Gasteiger partial charge in [-0.15, -0.1) is 0 Å². The topological polar surface area (TPSA) is 135 Å². The molecule has 0 unspecified atom stereocenters. The zero-order valence-electron chi connectivity index (χ0n) is 19.8. The minimum absolute atomic E-state index is 0.00667. The van der Waals surface area contributed by atoms with Gasteiger partial charge in [0.1, 0.15) is 18.0 Å². The highest BCUT2D eigenvalue weighted by atomic mass is 32.2. The van der Waals surface area contributed by atoms with Gasteiger partial charge in [0.2, 0.25) is 0 Å². The summed E-state index contributed by atoms with van der Waals surface area (Å²) in [7, 11) is -1.35. The summed E-state index contributed by atoms with van der Waals surface area (Å²) in [5.41, 5.74) is 3.95. The van der Waals surface area contributed by atoms with Gasteiger partial charge in [0.15, 0.2) is 0 Å². The van der Waals surface area contributed by atoms with E-state index < -0.39 is 28.4 Å². The lowest BCUT2D eigenvalue weighted by Gasteiger charge is -2.25. The smallest absolute Gasteiger partial charge is 0.335 e. The van der Waals surface area contributed by atoms with E-state index in [0.29, 0.717) is 11.3 Å². The Balaban J connectivity index is 1.90. The highest BCUT2D eigenvalue weighted by molar-refractivity contribution is 7.92. The standard InChI is InChI=1S/C25H25N3O7S/c1-17-4-11-21(12-5-17)36(32,33)28(22-14-20(34-2)10-13-23(22)35-3)16-24(29)27-26-15-18-6-8-19(9-7-18)25(30)31/h4-15H,16H2,1-3H3,(H,27,29)(H,30,31)/b26-15-. The number of hydrazone groups is 1. The van der Waals surface area contributed by atoms with Crippen LogP contribution in [0.5, 0.6) is 11.5 Å². The first-order valence-electron chi connectivity index (χ1n) is 10.6. The predicted octanol–water partition coefficient (Wildman–Crippen LogP) is 3.06. The second-order valence-electron chi connectivity index (χ2n) is 7.58. The molecule has 0 aliphatic rings. The Kier molecular flexibility index (Phi) is 8.28. The molecule has 0 spiro atoms. The molecular weight excluding hydrogens is 486 g/mol. The molecule has 0 aliphatic heterocycles. The van der Waals surface area contributed by atoms with Crippen LogP contribution in [0.25, 0.3) is 0 Å². The SMILES string of the molecule is COc1ccc(OC)c(N(CC(=O)N/N=C\c2ccc(C(=O)O)cc2)S(=O)(=O)c2ccc(C)cc2)c1. The number of ether oxygens (including phenoxy) is 2. The molecule has 188 valence electrons. The number of amides is 1. The van der Waals surface area contributed by atoms with Crippen molar-refractivity contribution >= 4 is 33.8 Å². The van der Waals surface area contributed by atoms with Crippen LogP contribution in [0.4, 0.5) is 5.69 Å². The molecule has 3 aromatic rings. The van der Waals surface area contributed by atoms with E-state index in [1.54, 1.807) is 24.3 Å². The van der Waals surface area contributed by atoms with E-state index in [4.69, 9.17) is 14.6 Å². The van der Waals surface area contributed by atoms with Crippen molar-refractivity contribution in [3.8, 4) is 11.5 Å². The molecule has 0 aliphatic carbocycles. The molecule has 0 fully saturated rings. The van der Waals surface area contributed by atoms with Gasteiger partial charge in [-0.05, 0) is 48.9 Å². The molecule has 0 saturated carbocycles. The van der Waals surface area contributed by atoms with Gasteiger partial charge in [0.05, 0.1) is 36.6 Å². The molecule has 0 atom stereocenters. The van der Waals surface area contributed by atoms with Crippen LogP contribution in [0.1, 0.15) is 21.5 Å². The first-order chi connectivity index (χ1) is 17.1. The number of benzene rings is 3. The minimum atomic E-state index is -4.18. The number of carboxylic acid groups (broad SMARTS) is 1. The van der Waals surface area contributed by atoms with E-state index in [-0.39, 0.29) is 21.9 Å². The van der Waals surface area contributed by atoms with E-state index in [1.165, 1.54) is 62.9 Å². The summed E-state index contributed by atoms with van der Waals surface area (Å²) in [5, 5.41) is 12.8. The average Bonchev–Trinajstić information content (AvgIpc) is 2.87. The van der Waals surface area contributed by atoms with Crippen LogP contribution in [0.2, 0.25) is 0 Å². The van der Waals surface area contributed by atoms with Gasteiger partial charge < -0.3 is 14.6 Å². The number of carboxylic acids is 1. The van der Waals surface area contributed by atoms with Crippen molar-refractivity contribution in [2.45, 2.75) is 11.8 Å². The number of nitrogens with zero attached hydrogens (tertiary/aromatic N) is 2. The largest absolute Gasteiger partial charge is 0.497 e. The number of aromatic carboxylic acids is 1. The number of carbonyl (C=O) groups excluding carboxylic acids is 1. The van der Waals surface area contributed by atoms with Gasteiger partial charge in [-0.2, -0.15) is 5.10 Å². The first-order valence-corrected chi connectivity index (χ1v) is 12.1. The summed E-state index contributed by atoms with van der Waals surface area (Å²) in [5.74, 6) is -1.18. The van der Waals surface area contributed by atoms with E-state index in [2.05, 4.69) is 10.5 Å². The Morgan fingerprint density at radius 2 is 1.67 bits per heavy atom. The van der Waals surface area contributed by atoms with Gasteiger partial charge in [0.25, 0.3) is 15.9 Å². The molecule has 0 heterocycles. The summed E-state index contributed by atoms with van der Waals surface area (Å²) in [6.07, 6.45) is 1.31. The summed E-state index contributed by atoms with van der Waals surface area (Å²) < 4.78 is 38.7. The second kappa shape index (κ2) is 11.4. The van der Waals surface area contributed by atoms with Crippen molar-refractivity contribution in [2.24, 2.45) is 5.10 Å². The summed E-state index contributed by atoms with van der Waals surface area (Å²) >= 11 is 0. The van der Waals surface area contributed by atoms with Crippen LogP contribution in [-0.2, 0) is 14.8 Å². The second-order valence-corrected chi connectivity index (χ2v) is 9.45. The molecule has 1 amide bonds. The van der Waals surface area contributed by atoms with E-state index in [1.807, 2.05) is 6.92 Å². The molecule has 0 radical (unpaired) electrons. The maximum Gasteiger partial charge on any atom is 0.335 e. The fraction of sp³-hybridized carbons (Fsp3) is 0.160. The third-order valence-corrected chi connectivity index (χ3v) is 6.89. The molecule has 2 N–H and O–H groups in total. The Hall–Kier alpha value is -4.38. The number of methoxy groups -OCH3 is 2. The highest BCUT2D eigenvalue weighted by Crippen LogP contribution is 2.35. The van der Waals surface area contributed by atoms with Crippen molar-refractivity contribution in [2.75, 3.05) is 25.1 Å². The fourth-order valence-electron chi connectivity index (χ4n) is 3.19. The van der Waals surface area contributed by atoms with E-state index in [9.17, 15) is 18.0 Å². The minimum Gasteiger partial charge on any atom is -0.497 e. The van der Waals surface area contributed by atoms with Gasteiger partial charge in [-0.25, -0.2) is 18.6 Å². The van der Waals surface area contributed by atoms with Crippen LogP contribution >= 0.6 is 0 Å². The molecule has 10 nitrogen and oxygen atoms in total. The lowest BCUT2D eigenvalue weighted by Crippen LogP contribution is -2.39. The van der Waals surface area contributed by atoms with E-state index in [0.717, 1.165) is 9.87 Å². The monoisotopic (exact) mass is 511 g/mol. The maximum absolute atomic E-state index is 13.6. The predicted molar refractivity (Wildman–Crippen MR) is 134 cm³/mol. The van der Waals surface area contributed by atoms with Crippen molar-refractivity contribution in [1.29, 1.82) is 0 Å². The van der Waals surface area contributed by atoms with Crippen molar-refractivity contribution in [3.05, 3.63) is 83.4 Å². The molecule has 3 rings (SSSR count). The number of sulfonamides is 1. The van der Waals surface area contributed by atoms with Gasteiger partial charge in [-0.1, -0.05) is 29.8 Å². The van der Waals surface area contributed by atoms with E-state index >= 15 is 0 Å². The zero-order valence-corrected chi connectivity index (χ0v) is 20.7. The first kappa shape index (κ1) is 26.2. The third kappa shape index (κ3) is 6.19. The zero-order chi connectivity index (χ0) is 26.3. The van der Waals surface area contributed by atoms with Gasteiger partial charge in [-0.3, -0.25) is 9.10 Å². The average molecular weight is 512 g/mol. The quantitative estimate of drug-likeness (QED) is 0.316. The molecule has 0 saturated heterocycles. The molecule has 0 bridgehead atoms. The van der Waals surface area contributed by atoms with Crippen molar-refractivity contribution in [1.82, 2.24) is 5.43 Å². The molecule has 3 aromatic carbocycles. The third-order valence-electron chi connectivity index (χ3n) is 5.11. The van der Waals surface area contributed by atoms with Crippen LogP contribution in [-0.4, -0.2) is 52.4 Å². The number of rotatable bonds is 10. The number of aryl methyl sites for hydroxylation is 1. The lowest BCUT2D eigenvalue weighted by atomic mass is 10.1. The number of hydrogen-bond donors (Lipinski definition) is 2. The number of carbonyl (C=O) groups is 2. The van der Waals surface area contributed by atoms with Crippen LogP contribution < -0.4 is 19.2 Å². The Morgan fingerprint density at radius 3 is 2.25 bits per heavy atom. The molecule has 11 heteroatoms. The summed E-state index contributed by atoms with van der Waals surface area (Å²) in [4.78, 5) is 23.7. The van der Waals surface area contributed by atoms with Crippen molar-refractivity contribution < 1.29 is 32.6 Å².